The van der Waals surface area contributed by atoms with Gasteiger partial charge >= 0.3 is 6.03 Å². The Balaban J connectivity index is 1.47. The molecular formula is C21H26N4O2. The summed E-state index contributed by atoms with van der Waals surface area (Å²) in [5, 5.41) is 3.02. The van der Waals surface area contributed by atoms with Crippen LogP contribution in [0.5, 0.6) is 0 Å². The van der Waals surface area contributed by atoms with Gasteiger partial charge in [-0.25, -0.2) is 9.78 Å². The Morgan fingerprint density at radius 3 is 2.89 bits per heavy atom. The molecule has 2 aromatic rings. The number of ether oxygens (including phenoxy) is 1. The van der Waals surface area contributed by atoms with Crippen LogP contribution < -0.4 is 15.1 Å². The third kappa shape index (κ3) is 4.06. The third-order valence-corrected chi connectivity index (χ3v) is 5.19. The lowest BCUT2D eigenvalue weighted by atomic mass is 10.1. The molecule has 6 heteroatoms. The minimum Gasteiger partial charge on any atom is -0.376 e. The third-order valence-electron chi connectivity index (χ3n) is 5.19. The van der Waals surface area contributed by atoms with E-state index >= 15 is 0 Å². The number of aromatic nitrogens is 1. The van der Waals surface area contributed by atoms with Crippen molar-refractivity contribution in [1.29, 1.82) is 0 Å². The summed E-state index contributed by atoms with van der Waals surface area (Å²) >= 11 is 0. The van der Waals surface area contributed by atoms with Crippen molar-refractivity contribution in [3.05, 3.63) is 53.7 Å². The van der Waals surface area contributed by atoms with Gasteiger partial charge in [-0.1, -0.05) is 29.8 Å². The second-order valence-corrected chi connectivity index (χ2v) is 7.23. The van der Waals surface area contributed by atoms with Gasteiger partial charge in [0.1, 0.15) is 0 Å². The lowest BCUT2D eigenvalue weighted by molar-refractivity contribution is 0.111. The molecule has 1 N–H and O–H groups in total. The Hall–Kier alpha value is -2.60. The van der Waals surface area contributed by atoms with E-state index in [-0.39, 0.29) is 12.1 Å². The van der Waals surface area contributed by atoms with Crippen LogP contribution in [0.3, 0.4) is 0 Å². The van der Waals surface area contributed by atoms with Gasteiger partial charge in [0.05, 0.1) is 11.8 Å². The zero-order valence-corrected chi connectivity index (χ0v) is 15.7. The fourth-order valence-electron chi connectivity index (χ4n) is 3.67. The Bertz CT molecular complexity index is 787. The Kier molecular flexibility index (Phi) is 5.25. The number of pyridine rings is 1. The molecule has 1 aromatic carbocycles. The van der Waals surface area contributed by atoms with E-state index in [0.717, 1.165) is 44.0 Å². The molecule has 0 spiro atoms. The van der Waals surface area contributed by atoms with Crippen molar-refractivity contribution in [2.24, 2.45) is 0 Å². The number of benzene rings is 1. The molecule has 0 saturated carbocycles. The highest BCUT2D eigenvalue weighted by molar-refractivity contribution is 5.96. The zero-order valence-electron chi connectivity index (χ0n) is 15.7. The second kappa shape index (κ2) is 7.96. The number of carbonyl (C=O) groups excluding carboxylic acids is 1. The maximum absolute atomic E-state index is 12.7. The molecule has 1 saturated heterocycles. The van der Waals surface area contributed by atoms with Gasteiger partial charge in [-0.15, -0.1) is 0 Å². The SMILES string of the molecule is Cc1ccc(CN2CCN(C(=O)NC[C@H]3CCCO3)c3cccnc32)cc1. The number of hydrogen-bond acceptors (Lipinski definition) is 4. The van der Waals surface area contributed by atoms with Crippen molar-refractivity contribution in [2.45, 2.75) is 32.4 Å². The number of nitrogens with zero attached hydrogens (tertiary/aromatic N) is 3. The average Bonchev–Trinajstić information content (AvgIpc) is 3.22. The van der Waals surface area contributed by atoms with Gasteiger partial charge in [-0.2, -0.15) is 0 Å². The lowest BCUT2D eigenvalue weighted by Gasteiger charge is -2.36. The number of aryl methyl sites for hydroxylation is 1. The van der Waals surface area contributed by atoms with Crippen molar-refractivity contribution in [3.8, 4) is 0 Å². The van der Waals surface area contributed by atoms with Crippen LogP contribution in [-0.2, 0) is 11.3 Å². The molecule has 0 bridgehead atoms. The molecule has 4 rings (SSSR count). The van der Waals surface area contributed by atoms with Crippen LogP contribution >= 0.6 is 0 Å². The molecule has 2 aliphatic heterocycles. The van der Waals surface area contributed by atoms with Crippen LogP contribution in [0.15, 0.2) is 42.6 Å². The van der Waals surface area contributed by atoms with Gasteiger partial charge in [0.25, 0.3) is 0 Å². The summed E-state index contributed by atoms with van der Waals surface area (Å²) in [6, 6.07) is 12.3. The lowest BCUT2D eigenvalue weighted by Crippen LogP contribution is -2.49. The molecule has 142 valence electrons. The van der Waals surface area contributed by atoms with Crippen LogP contribution in [-0.4, -0.2) is 43.4 Å². The predicted molar refractivity (Wildman–Crippen MR) is 106 cm³/mol. The van der Waals surface area contributed by atoms with Gasteiger partial charge in [0.15, 0.2) is 5.82 Å². The zero-order chi connectivity index (χ0) is 18.6. The number of rotatable bonds is 4. The minimum absolute atomic E-state index is 0.0743. The minimum atomic E-state index is -0.0743. The van der Waals surface area contributed by atoms with Gasteiger partial charge in [0, 0.05) is 39.0 Å². The highest BCUT2D eigenvalue weighted by atomic mass is 16.5. The monoisotopic (exact) mass is 366 g/mol. The maximum Gasteiger partial charge on any atom is 0.322 e. The van der Waals surface area contributed by atoms with Crippen molar-refractivity contribution in [1.82, 2.24) is 10.3 Å². The van der Waals surface area contributed by atoms with Crippen LogP contribution in [0.1, 0.15) is 24.0 Å². The van der Waals surface area contributed by atoms with E-state index in [2.05, 4.69) is 46.4 Å². The molecule has 0 radical (unpaired) electrons. The fraction of sp³-hybridized carbons (Fsp3) is 0.429. The first kappa shape index (κ1) is 17.8. The molecule has 27 heavy (non-hydrogen) atoms. The van der Waals surface area contributed by atoms with E-state index in [1.54, 1.807) is 11.1 Å². The maximum atomic E-state index is 12.7. The molecule has 0 unspecified atom stereocenters. The number of amides is 2. The second-order valence-electron chi connectivity index (χ2n) is 7.23. The number of nitrogens with one attached hydrogen (secondary N) is 1. The van der Waals surface area contributed by atoms with Crippen LogP contribution in [0.25, 0.3) is 0 Å². The Labute approximate surface area is 160 Å². The van der Waals surface area contributed by atoms with Crippen molar-refractivity contribution < 1.29 is 9.53 Å². The molecule has 1 fully saturated rings. The standard InChI is InChI=1S/C21H26N4O2/c1-16-6-8-17(9-7-16)15-24-11-12-25(19-5-2-10-22-20(19)24)21(26)23-14-18-4-3-13-27-18/h2,5-10,18H,3-4,11-15H2,1H3,(H,23,26)/t18-/m1/s1. The summed E-state index contributed by atoms with van der Waals surface area (Å²) in [6.45, 7) is 5.64. The summed E-state index contributed by atoms with van der Waals surface area (Å²) in [6.07, 6.45) is 4.02. The highest BCUT2D eigenvalue weighted by Crippen LogP contribution is 2.31. The van der Waals surface area contributed by atoms with E-state index in [0.29, 0.717) is 13.1 Å². The van der Waals surface area contributed by atoms with Gasteiger partial charge in [-0.05, 0) is 37.5 Å². The summed E-state index contributed by atoms with van der Waals surface area (Å²) < 4.78 is 5.60. The molecule has 2 aliphatic rings. The molecule has 1 aromatic heterocycles. The van der Waals surface area contributed by atoms with Gasteiger partial charge in [-0.3, -0.25) is 4.90 Å². The number of fused-ring (bicyclic) bond motifs is 1. The summed E-state index contributed by atoms with van der Waals surface area (Å²) in [5.74, 6) is 0.858. The highest BCUT2D eigenvalue weighted by Gasteiger charge is 2.28. The fourth-order valence-corrected chi connectivity index (χ4v) is 3.67. The molecule has 0 aliphatic carbocycles. The molecule has 3 heterocycles. The van der Waals surface area contributed by atoms with Crippen molar-refractivity contribution >= 4 is 17.5 Å². The topological polar surface area (TPSA) is 57.7 Å². The quantitative estimate of drug-likeness (QED) is 0.903. The first-order chi connectivity index (χ1) is 13.2. The van der Waals surface area contributed by atoms with Crippen LogP contribution in [0, 0.1) is 6.92 Å². The average molecular weight is 366 g/mol. The first-order valence-corrected chi connectivity index (χ1v) is 9.63. The summed E-state index contributed by atoms with van der Waals surface area (Å²) in [4.78, 5) is 21.3. The van der Waals surface area contributed by atoms with E-state index in [4.69, 9.17) is 4.74 Å². The van der Waals surface area contributed by atoms with E-state index < -0.39 is 0 Å². The first-order valence-electron chi connectivity index (χ1n) is 9.63. The summed E-state index contributed by atoms with van der Waals surface area (Å²) in [5.41, 5.74) is 3.36. The summed E-state index contributed by atoms with van der Waals surface area (Å²) in [7, 11) is 0. The molecule has 1 atom stereocenters. The molecule has 2 amide bonds. The van der Waals surface area contributed by atoms with Gasteiger partial charge in [0.2, 0.25) is 0 Å². The van der Waals surface area contributed by atoms with Crippen LogP contribution in [0.2, 0.25) is 0 Å². The predicted octanol–water partition coefficient (Wildman–Crippen LogP) is 3.11. The number of hydrogen-bond donors (Lipinski definition) is 1. The van der Waals surface area contributed by atoms with Crippen molar-refractivity contribution in [2.75, 3.05) is 36.0 Å². The smallest absolute Gasteiger partial charge is 0.322 e. The number of anilines is 2. The normalized spacial score (nSPS) is 19.1. The van der Waals surface area contributed by atoms with Gasteiger partial charge < -0.3 is 15.0 Å². The van der Waals surface area contributed by atoms with Crippen LogP contribution in [0.4, 0.5) is 16.3 Å². The van der Waals surface area contributed by atoms with E-state index in [9.17, 15) is 4.79 Å². The Morgan fingerprint density at radius 1 is 1.26 bits per heavy atom. The van der Waals surface area contributed by atoms with Crippen molar-refractivity contribution in [3.63, 3.8) is 0 Å². The molecular weight excluding hydrogens is 340 g/mol. The molecule has 6 nitrogen and oxygen atoms in total. The van der Waals surface area contributed by atoms with E-state index in [1.807, 2.05) is 12.1 Å². The van der Waals surface area contributed by atoms with E-state index in [1.165, 1.54) is 11.1 Å². The number of carbonyl (C=O) groups is 1. The largest absolute Gasteiger partial charge is 0.376 e. The number of urea groups is 1. The Morgan fingerprint density at radius 2 is 2.11 bits per heavy atom.